The molecule has 3 unspecified atom stereocenters. The Labute approximate surface area is 167 Å². The van der Waals surface area contributed by atoms with Gasteiger partial charge in [0, 0.05) is 12.1 Å². The predicted molar refractivity (Wildman–Crippen MR) is 106 cm³/mol. The normalized spacial score (nSPS) is 14.6. The Bertz CT molecular complexity index is 876. The zero-order chi connectivity index (χ0) is 21.6. The summed E-state index contributed by atoms with van der Waals surface area (Å²) in [4.78, 5) is 10.4. The number of aliphatic hydroxyl groups is 4. The summed E-state index contributed by atoms with van der Waals surface area (Å²) in [5.74, 6) is 0. The maximum Gasteiger partial charge on any atom is 0.271 e. The van der Waals surface area contributed by atoms with Crippen molar-refractivity contribution < 1.29 is 25.3 Å². The molecule has 2 aromatic carbocycles. The average Bonchev–Trinajstić information content (AvgIpc) is 2.71. The third-order valence-corrected chi connectivity index (χ3v) is 4.43. The predicted octanol–water partition coefficient (Wildman–Crippen LogP) is 1.79. The van der Waals surface area contributed by atoms with Gasteiger partial charge in [0.1, 0.15) is 18.3 Å². The number of nitro benzene ring substituents is 1. The Morgan fingerprint density at radius 3 is 2.41 bits per heavy atom. The van der Waals surface area contributed by atoms with Crippen molar-refractivity contribution in [1.82, 2.24) is 0 Å². The number of nitro groups is 1. The van der Waals surface area contributed by atoms with Crippen molar-refractivity contribution in [3.05, 3.63) is 63.7 Å². The number of nitrogens with zero attached hydrogens (tertiary/aromatic N) is 4. The highest BCUT2D eigenvalue weighted by atomic mass is 16.6. The van der Waals surface area contributed by atoms with Gasteiger partial charge in [0.05, 0.1) is 29.4 Å². The molecule has 2 aromatic rings. The van der Waals surface area contributed by atoms with Gasteiger partial charge >= 0.3 is 0 Å². The van der Waals surface area contributed by atoms with Gasteiger partial charge in [-0.25, -0.2) is 5.01 Å². The van der Waals surface area contributed by atoms with Crippen LogP contribution in [-0.4, -0.2) is 56.8 Å². The summed E-state index contributed by atoms with van der Waals surface area (Å²) in [7, 11) is 0. The molecule has 0 saturated heterocycles. The molecule has 3 atom stereocenters. The van der Waals surface area contributed by atoms with E-state index in [0.29, 0.717) is 5.69 Å². The van der Waals surface area contributed by atoms with Gasteiger partial charge in [0.25, 0.3) is 5.69 Å². The molecule has 0 radical (unpaired) electrons. The van der Waals surface area contributed by atoms with E-state index in [1.165, 1.54) is 29.3 Å². The summed E-state index contributed by atoms with van der Waals surface area (Å²) in [6, 6.07) is 11.0. The van der Waals surface area contributed by atoms with E-state index >= 15 is 0 Å². The van der Waals surface area contributed by atoms with Crippen LogP contribution in [0.2, 0.25) is 0 Å². The van der Waals surface area contributed by atoms with Gasteiger partial charge in [0.2, 0.25) is 0 Å². The van der Waals surface area contributed by atoms with Crippen LogP contribution in [0.5, 0.6) is 0 Å². The molecular weight excluding hydrogens is 380 g/mol. The lowest BCUT2D eigenvalue weighted by Gasteiger charge is -2.26. The van der Waals surface area contributed by atoms with Crippen LogP contribution in [0.1, 0.15) is 11.1 Å². The molecule has 0 amide bonds. The zero-order valence-electron chi connectivity index (χ0n) is 16.1. The highest BCUT2D eigenvalue weighted by molar-refractivity contribution is 5.50. The largest absolute Gasteiger partial charge is 0.394 e. The van der Waals surface area contributed by atoms with Crippen LogP contribution in [0.15, 0.2) is 52.8 Å². The summed E-state index contributed by atoms with van der Waals surface area (Å²) in [6.45, 7) is 2.88. The second-order valence-corrected chi connectivity index (χ2v) is 6.62. The number of aliphatic hydroxyl groups excluding tert-OH is 4. The SMILES string of the molecule is Cc1ccc(N(CC(O)C(O)C(O)CO)N=Nc2cccc([N+](=O)[O-])c2)cc1C. The number of hydrogen-bond donors (Lipinski definition) is 4. The van der Waals surface area contributed by atoms with Gasteiger partial charge in [0.15, 0.2) is 0 Å². The molecule has 0 aromatic heterocycles. The number of benzene rings is 2. The van der Waals surface area contributed by atoms with Crippen LogP contribution in [0.25, 0.3) is 0 Å². The fourth-order valence-corrected chi connectivity index (χ4v) is 2.50. The van der Waals surface area contributed by atoms with E-state index < -0.39 is 29.8 Å². The topological polar surface area (TPSA) is 152 Å². The number of hydrogen-bond acceptors (Lipinski definition) is 8. The van der Waals surface area contributed by atoms with Crippen molar-refractivity contribution in [3.8, 4) is 0 Å². The van der Waals surface area contributed by atoms with Crippen molar-refractivity contribution in [2.75, 3.05) is 18.2 Å². The van der Waals surface area contributed by atoms with Crippen molar-refractivity contribution in [3.63, 3.8) is 0 Å². The van der Waals surface area contributed by atoms with Crippen LogP contribution in [0.3, 0.4) is 0 Å². The summed E-state index contributed by atoms with van der Waals surface area (Å²) in [5.41, 5.74) is 2.66. The van der Waals surface area contributed by atoms with Crippen LogP contribution in [-0.2, 0) is 0 Å². The minimum absolute atomic E-state index is 0.138. The van der Waals surface area contributed by atoms with E-state index in [9.17, 15) is 25.4 Å². The first-order chi connectivity index (χ1) is 13.7. The first-order valence-corrected chi connectivity index (χ1v) is 8.89. The van der Waals surface area contributed by atoms with Crippen molar-refractivity contribution in [2.45, 2.75) is 32.2 Å². The van der Waals surface area contributed by atoms with Crippen LogP contribution in [0.4, 0.5) is 17.1 Å². The number of rotatable bonds is 9. The maximum absolute atomic E-state index is 10.9. The summed E-state index contributed by atoms with van der Waals surface area (Å²) >= 11 is 0. The summed E-state index contributed by atoms with van der Waals surface area (Å²) in [5, 5.41) is 59.0. The second-order valence-electron chi connectivity index (χ2n) is 6.62. The Balaban J connectivity index is 2.32. The molecule has 0 heterocycles. The third kappa shape index (κ3) is 6.03. The molecule has 0 aliphatic heterocycles. The van der Waals surface area contributed by atoms with Gasteiger partial charge in [-0.1, -0.05) is 17.4 Å². The van der Waals surface area contributed by atoms with Gasteiger partial charge in [-0.2, -0.15) is 0 Å². The molecule has 0 fully saturated rings. The Morgan fingerprint density at radius 2 is 1.79 bits per heavy atom. The molecule has 4 N–H and O–H groups in total. The monoisotopic (exact) mass is 404 g/mol. The molecule has 0 bridgehead atoms. The average molecular weight is 404 g/mol. The number of aryl methyl sites for hydroxylation is 2. The smallest absolute Gasteiger partial charge is 0.271 e. The highest BCUT2D eigenvalue weighted by Gasteiger charge is 2.26. The molecule has 10 heteroatoms. The maximum atomic E-state index is 10.9. The fourth-order valence-electron chi connectivity index (χ4n) is 2.50. The zero-order valence-corrected chi connectivity index (χ0v) is 16.1. The molecule has 2 rings (SSSR count). The lowest BCUT2D eigenvalue weighted by molar-refractivity contribution is -0.384. The Morgan fingerprint density at radius 1 is 1.07 bits per heavy atom. The molecule has 29 heavy (non-hydrogen) atoms. The summed E-state index contributed by atoms with van der Waals surface area (Å²) in [6.07, 6.45) is -4.55. The van der Waals surface area contributed by atoms with E-state index in [1.54, 1.807) is 6.07 Å². The van der Waals surface area contributed by atoms with Crippen LogP contribution in [0, 0.1) is 24.0 Å². The van der Waals surface area contributed by atoms with Gasteiger partial charge in [-0.05, 0) is 43.2 Å². The number of non-ortho nitro benzene ring substituents is 1. The molecule has 0 aliphatic rings. The van der Waals surface area contributed by atoms with Crippen molar-refractivity contribution in [1.29, 1.82) is 0 Å². The first-order valence-electron chi connectivity index (χ1n) is 8.89. The van der Waals surface area contributed by atoms with Crippen LogP contribution < -0.4 is 5.01 Å². The molecular formula is C19H24N4O6. The minimum atomic E-state index is -1.60. The van der Waals surface area contributed by atoms with Crippen molar-refractivity contribution in [2.24, 2.45) is 10.3 Å². The molecule has 156 valence electrons. The molecule has 10 nitrogen and oxygen atoms in total. The highest BCUT2D eigenvalue weighted by Crippen LogP contribution is 2.24. The number of anilines is 1. The van der Waals surface area contributed by atoms with Gasteiger partial charge < -0.3 is 20.4 Å². The molecule has 0 saturated carbocycles. The van der Waals surface area contributed by atoms with Gasteiger partial charge in [-0.3, -0.25) is 10.1 Å². The van der Waals surface area contributed by atoms with Crippen LogP contribution >= 0.6 is 0 Å². The summed E-state index contributed by atoms with van der Waals surface area (Å²) < 4.78 is 0. The van der Waals surface area contributed by atoms with Gasteiger partial charge in [-0.15, -0.1) is 5.11 Å². The quantitative estimate of drug-likeness (QED) is 0.282. The second kappa shape index (κ2) is 10.0. The standard InChI is InChI=1S/C19H24N4O6/c1-12-6-7-15(8-13(12)2)22(10-17(25)19(27)18(26)11-24)21-20-14-4-3-5-16(9-14)23(28)29/h3-9,17-19,24-27H,10-11H2,1-2H3. The van der Waals surface area contributed by atoms with Crippen molar-refractivity contribution >= 4 is 17.1 Å². The molecule has 0 aliphatic carbocycles. The Kier molecular flexibility index (Phi) is 7.74. The van der Waals surface area contributed by atoms with E-state index in [2.05, 4.69) is 10.3 Å². The lowest BCUT2D eigenvalue weighted by Crippen LogP contribution is -2.44. The third-order valence-electron chi connectivity index (χ3n) is 4.43. The lowest BCUT2D eigenvalue weighted by atomic mass is 10.1. The Hall–Kier alpha value is -2.92. The minimum Gasteiger partial charge on any atom is -0.394 e. The fraction of sp³-hybridized carbons (Fsp3) is 0.368. The van der Waals surface area contributed by atoms with E-state index in [4.69, 9.17) is 5.11 Å². The first kappa shape index (κ1) is 22.4. The van der Waals surface area contributed by atoms with E-state index in [1.807, 2.05) is 26.0 Å². The molecule has 0 spiro atoms. The van der Waals surface area contributed by atoms with E-state index in [0.717, 1.165) is 11.1 Å². The van der Waals surface area contributed by atoms with E-state index in [-0.39, 0.29) is 17.9 Å².